The first-order valence-electron chi connectivity index (χ1n) is 25.1. The van der Waals surface area contributed by atoms with Crippen LogP contribution >= 0.6 is 0 Å². The Hall–Kier alpha value is -8.20. The minimum absolute atomic E-state index is 0.207. The van der Waals surface area contributed by atoms with Crippen LogP contribution in [-0.4, -0.2) is 0 Å². The van der Waals surface area contributed by atoms with Crippen LogP contribution in [0.4, 0.5) is 34.1 Å². The van der Waals surface area contributed by atoms with Gasteiger partial charge in [0.2, 0.25) is 0 Å². The van der Waals surface area contributed by atoms with E-state index in [2.05, 4.69) is 294 Å². The third-order valence-corrected chi connectivity index (χ3v) is 15.3. The Labute approximate surface area is 419 Å². The summed E-state index contributed by atoms with van der Waals surface area (Å²) in [6.45, 7) is 14.9. The molecule has 11 aromatic rings. The number of fused-ring (bicyclic) bond motifs is 10. The lowest BCUT2D eigenvalue weighted by Crippen LogP contribution is -2.50. The summed E-state index contributed by atoms with van der Waals surface area (Å²) in [6, 6.07) is 89.4. The molecule has 71 heavy (non-hydrogen) atoms. The van der Waals surface area contributed by atoms with E-state index < -0.39 is 5.41 Å². The van der Waals surface area contributed by atoms with E-state index in [0.717, 1.165) is 34.1 Å². The maximum Gasteiger partial charge on any atom is 0.0540 e. The summed E-state index contributed by atoms with van der Waals surface area (Å²) in [5.41, 5.74) is 16.3. The summed E-state index contributed by atoms with van der Waals surface area (Å²) in [7, 11) is 0. The van der Waals surface area contributed by atoms with Crippen LogP contribution in [0, 0.1) is 10.8 Å². The van der Waals surface area contributed by atoms with E-state index in [-0.39, 0.29) is 10.8 Å². The highest BCUT2D eigenvalue weighted by molar-refractivity contribution is 6.20. The van der Waals surface area contributed by atoms with E-state index in [1.165, 1.54) is 76.8 Å². The molecule has 0 unspecified atom stereocenters. The zero-order valence-electron chi connectivity index (χ0n) is 41.5. The average Bonchev–Trinajstić information content (AvgIpc) is 3.75. The van der Waals surface area contributed by atoms with Crippen molar-refractivity contribution in [3.63, 3.8) is 0 Å². The Morgan fingerprint density at radius 1 is 0.296 bits per heavy atom. The predicted molar refractivity (Wildman–Crippen MR) is 304 cm³/mol. The van der Waals surface area contributed by atoms with Crippen LogP contribution in [0.25, 0.3) is 65.7 Å². The summed E-state index contributed by atoms with van der Waals surface area (Å²) in [5.74, 6) is 0. The van der Waals surface area contributed by atoms with E-state index in [4.69, 9.17) is 0 Å². The summed E-state index contributed by atoms with van der Waals surface area (Å²) in [5, 5.41) is 7.68. The third kappa shape index (κ3) is 6.99. The second kappa shape index (κ2) is 17.0. The fourth-order valence-corrected chi connectivity index (χ4v) is 12.9. The van der Waals surface area contributed by atoms with Gasteiger partial charge in [-0.05, 0) is 137 Å². The van der Waals surface area contributed by atoms with E-state index in [9.17, 15) is 0 Å². The Bertz CT molecular complexity index is 3750. The standard InChI is InChI=1S/C69H58N2/c1-67(2,3)69(68(4,5)6)65-56-43-40-52(70(50-29-15-9-16-30-50)62-37-23-21-33-54(62)47-25-11-7-12-26-47)45-49(56)39-42-60(65)64-58-36-20-19-35-57(58)61-46-53(41-44-59(61)66(64)69)71(51-31-17-10-18-32-51)63-38-24-22-34-55(63)48-27-13-8-14-28-48/h7-46H,1-6H3. The molecule has 0 radical (unpaired) electrons. The number of nitrogens with zero attached hydrogens (tertiary/aromatic N) is 2. The van der Waals surface area contributed by atoms with Crippen LogP contribution in [-0.2, 0) is 5.41 Å². The highest BCUT2D eigenvalue weighted by Gasteiger charge is 2.59. The number of rotatable bonds is 8. The number of benzene rings is 11. The second-order valence-electron chi connectivity index (χ2n) is 21.3. The molecular formula is C69H58N2. The van der Waals surface area contributed by atoms with Crippen molar-refractivity contribution >= 4 is 66.4 Å². The molecule has 1 aliphatic rings. The topological polar surface area (TPSA) is 6.48 Å². The Morgan fingerprint density at radius 2 is 0.732 bits per heavy atom. The summed E-state index contributed by atoms with van der Waals surface area (Å²) in [4.78, 5) is 4.88. The van der Waals surface area contributed by atoms with Gasteiger partial charge in [-0.25, -0.2) is 0 Å². The molecule has 0 saturated carbocycles. The van der Waals surface area contributed by atoms with E-state index >= 15 is 0 Å². The highest BCUT2D eigenvalue weighted by Crippen LogP contribution is 2.68. The molecule has 0 saturated heterocycles. The zero-order valence-corrected chi connectivity index (χ0v) is 41.5. The maximum atomic E-state index is 2.48. The van der Waals surface area contributed by atoms with Gasteiger partial charge in [-0.2, -0.15) is 0 Å². The maximum absolute atomic E-state index is 2.48. The van der Waals surface area contributed by atoms with Gasteiger partial charge in [-0.3, -0.25) is 0 Å². The first kappa shape index (κ1) is 44.0. The monoisotopic (exact) mass is 914 g/mol. The first-order valence-corrected chi connectivity index (χ1v) is 25.1. The molecule has 12 rings (SSSR count). The number of hydrogen-bond donors (Lipinski definition) is 0. The van der Waals surface area contributed by atoms with Gasteiger partial charge in [-0.1, -0.05) is 224 Å². The van der Waals surface area contributed by atoms with Gasteiger partial charge >= 0.3 is 0 Å². The van der Waals surface area contributed by atoms with Gasteiger partial charge < -0.3 is 9.80 Å². The Kier molecular flexibility index (Phi) is 10.6. The van der Waals surface area contributed by atoms with E-state index in [0.29, 0.717) is 0 Å². The van der Waals surface area contributed by atoms with Crippen molar-refractivity contribution < 1.29 is 0 Å². The first-order chi connectivity index (χ1) is 34.5. The largest absolute Gasteiger partial charge is 0.310 e. The van der Waals surface area contributed by atoms with Crippen LogP contribution in [0.1, 0.15) is 52.7 Å². The molecular weight excluding hydrogens is 857 g/mol. The van der Waals surface area contributed by atoms with E-state index in [1.807, 2.05) is 0 Å². The van der Waals surface area contributed by atoms with Crippen molar-refractivity contribution in [3.8, 4) is 33.4 Å². The molecule has 2 nitrogen and oxygen atoms in total. The molecule has 0 heterocycles. The minimum atomic E-state index is -0.409. The SMILES string of the molecule is CC(C)(C)C1(C(C)(C)C)c2c(ccc3cc(N(c4ccccc4)c4ccccc4-c4ccccc4)ccc23)-c2c1c1ccc(N(c3ccccc3)c3ccccc3-c3ccccc3)cc1c1ccccc21. The van der Waals surface area contributed by atoms with Crippen LogP contribution in [0.3, 0.4) is 0 Å². The molecule has 0 N–H and O–H groups in total. The van der Waals surface area contributed by atoms with Crippen molar-refractivity contribution in [2.24, 2.45) is 10.8 Å². The van der Waals surface area contributed by atoms with Gasteiger partial charge in [0.05, 0.1) is 11.4 Å². The molecule has 0 bridgehead atoms. The number of para-hydroxylation sites is 4. The van der Waals surface area contributed by atoms with Crippen molar-refractivity contribution in [1.29, 1.82) is 0 Å². The molecule has 11 aromatic carbocycles. The lowest BCUT2D eigenvalue weighted by atomic mass is 9.49. The molecule has 344 valence electrons. The molecule has 0 atom stereocenters. The molecule has 0 spiro atoms. The average molecular weight is 915 g/mol. The van der Waals surface area contributed by atoms with Gasteiger partial charge in [0.15, 0.2) is 0 Å². The quantitative estimate of drug-likeness (QED) is 0.140. The van der Waals surface area contributed by atoms with Gasteiger partial charge in [0, 0.05) is 39.3 Å². The minimum Gasteiger partial charge on any atom is -0.310 e. The second-order valence-corrected chi connectivity index (χ2v) is 21.3. The van der Waals surface area contributed by atoms with Crippen LogP contribution in [0.5, 0.6) is 0 Å². The number of hydrogen-bond acceptors (Lipinski definition) is 2. The van der Waals surface area contributed by atoms with Crippen LogP contribution in [0.15, 0.2) is 243 Å². The van der Waals surface area contributed by atoms with Crippen molar-refractivity contribution in [2.45, 2.75) is 47.0 Å². The number of anilines is 6. The van der Waals surface area contributed by atoms with Gasteiger partial charge in [-0.15, -0.1) is 0 Å². The third-order valence-electron chi connectivity index (χ3n) is 15.3. The molecule has 0 aromatic heterocycles. The summed E-state index contributed by atoms with van der Waals surface area (Å²) >= 11 is 0. The predicted octanol–water partition coefficient (Wildman–Crippen LogP) is 19.8. The fourth-order valence-electron chi connectivity index (χ4n) is 12.9. The fraction of sp³-hybridized carbons (Fsp3) is 0.130. The molecule has 0 aliphatic heterocycles. The van der Waals surface area contributed by atoms with Crippen molar-refractivity contribution in [1.82, 2.24) is 0 Å². The van der Waals surface area contributed by atoms with Gasteiger partial charge in [0.1, 0.15) is 0 Å². The lowest BCUT2D eigenvalue weighted by molar-refractivity contribution is 0.0977. The smallest absolute Gasteiger partial charge is 0.0540 e. The Balaban J connectivity index is 1.11. The Morgan fingerprint density at radius 3 is 1.25 bits per heavy atom. The normalized spacial score (nSPS) is 13.0. The molecule has 2 heteroatoms. The van der Waals surface area contributed by atoms with Crippen LogP contribution in [0.2, 0.25) is 0 Å². The molecule has 0 amide bonds. The van der Waals surface area contributed by atoms with Crippen molar-refractivity contribution in [2.75, 3.05) is 9.80 Å². The van der Waals surface area contributed by atoms with Gasteiger partial charge in [0.25, 0.3) is 0 Å². The summed E-state index contributed by atoms with van der Waals surface area (Å²) in [6.07, 6.45) is 0. The molecule has 0 fully saturated rings. The summed E-state index contributed by atoms with van der Waals surface area (Å²) < 4.78 is 0. The van der Waals surface area contributed by atoms with Crippen LogP contribution < -0.4 is 9.80 Å². The zero-order chi connectivity index (χ0) is 48.5. The van der Waals surface area contributed by atoms with E-state index in [1.54, 1.807) is 0 Å². The highest BCUT2D eigenvalue weighted by atomic mass is 15.1. The lowest BCUT2D eigenvalue weighted by Gasteiger charge is -2.54. The van der Waals surface area contributed by atoms with Crippen molar-refractivity contribution in [3.05, 3.63) is 254 Å². The molecule has 1 aliphatic carbocycles.